The van der Waals surface area contributed by atoms with E-state index in [-0.39, 0.29) is 32.2 Å². The van der Waals surface area contributed by atoms with Crippen LogP contribution in [0.15, 0.2) is 200 Å². The number of hydrogen-bond acceptors (Lipinski definition) is 4. The molecule has 10 aromatic rings. The van der Waals surface area contributed by atoms with Crippen LogP contribution in [0.5, 0.6) is 5.75 Å². The SMILES string of the molecule is Cc1cc(-c2ccc(-c3ccc4c(c3)C3(c5ccccc5-c5ccccc53)c3ccccc3-4)s2)cc(-c2[c-]c(-c3cc(-c4ccccc4)cc(-c4ccccc4O)n3)ccc2)n1.[Pt]. The Kier molecular flexibility index (Phi) is 9.53. The van der Waals surface area contributed by atoms with Crippen molar-refractivity contribution in [3.05, 3.63) is 234 Å². The number of fused-ring (bicyclic) bond motifs is 10. The molecule has 63 heavy (non-hydrogen) atoms. The van der Waals surface area contributed by atoms with Crippen LogP contribution in [0.25, 0.3) is 88.0 Å². The van der Waals surface area contributed by atoms with Gasteiger partial charge in [-0.25, -0.2) is 0 Å². The number of aromatic hydroxyl groups is 1. The van der Waals surface area contributed by atoms with Crippen LogP contribution < -0.4 is 0 Å². The van der Waals surface area contributed by atoms with E-state index in [1.54, 1.807) is 6.07 Å². The fourth-order valence-corrected chi connectivity index (χ4v) is 10.9. The zero-order valence-electron chi connectivity index (χ0n) is 34.1. The predicted octanol–water partition coefficient (Wildman–Crippen LogP) is 14.7. The molecule has 0 atom stereocenters. The Morgan fingerprint density at radius 1 is 0.413 bits per heavy atom. The van der Waals surface area contributed by atoms with Gasteiger partial charge >= 0.3 is 0 Å². The first-order chi connectivity index (χ1) is 30.5. The largest absolute Gasteiger partial charge is 0.507 e. The molecule has 0 saturated heterocycles. The van der Waals surface area contributed by atoms with E-state index in [0.29, 0.717) is 11.3 Å². The van der Waals surface area contributed by atoms with E-state index < -0.39 is 0 Å². The summed E-state index contributed by atoms with van der Waals surface area (Å²) in [5.74, 6) is 0.193. The van der Waals surface area contributed by atoms with Gasteiger partial charge in [0.05, 0.1) is 11.1 Å². The average molecular weight is 1010 g/mol. The van der Waals surface area contributed by atoms with Gasteiger partial charge in [0.25, 0.3) is 0 Å². The Balaban J connectivity index is 0.00000444. The smallest absolute Gasteiger partial charge is 0.124 e. The van der Waals surface area contributed by atoms with Crippen LogP contribution in [0.1, 0.15) is 27.9 Å². The van der Waals surface area contributed by atoms with Crippen LogP contribution in [0.2, 0.25) is 0 Å². The van der Waals surface area contributed by atoms with Crippen LogP contribution in [0, 0.1) is 13.0 Å². The standard InChI is InChI=1S/C58H37N2OS.Pt/c1-36-30-42(35-52(59-36)38-16-13-17-39(31-38)53-33-41(37-14-3-2-4-15-37)34-54(60-53)47-21-8-12-25-55(47)61)57-29-28-56(62-57)40-26-27-46-45-20-7-11-24-50(45)58(51(46)32-40)48-22-9-5-18-43(48)44-19-6-10-23-49(44)58;/h2-30,32-35,61H,1H3;/q-1;. The first kappa shape index (κ1) is 38.9. The number of hydrogen-bond donors (Lipinski definition) is 1. The number of para-hydroxylation sites is 1. The summed E-state index contributed by atoms with van der Waals surface area (Å²) in [7, 11) is 0. The molecule has 0 aliphatic heterocycles. The summed E-state index contributed by atoms with van der Waals surface area (Å²) in [5.41, 5.74) is 20.4. The molecule has 12 rings (SSSR count). The maximum absolute atomic E-state index is 10.8. The Morgan fingerprint density at radius 3 is 1.59 bits per heavy atom. The van der Waals surface area contributed by atoms with Gasteiger partial charge in [-0.15, -0.1) is 35.6 Å². The Labute approximate surface area is 385 Å². The van der Waals surface area contributed by atoms with Gasteiger partial charge in [0.15, 0.2) is 0 Å². The van der Waals surface area contributed by atoms with Gasteiger partial charge in [0.1, 0.15) is 5.75 Å². The van der Waals surface area contributed by atoms with E-state index in [4.69, 9.17) is 9.97 Å². The van der Waals surface area contributed by atoms with Gasteiger partial charge in [-0.3, -0.25) is 9.97 Å². The molecule has 1 spiro atoms. The molecule has 0 bridgehead atoms. The first-order valence-corrected chi connectivity index (χ1v) is 21.8. The summed E-state index contributed by atoms with van der Waals surface area (Å²) >= 11 is 1.81. The van der Waals surface area contributed by atoms with Crippen molar-refractivity contribution in [1.82, 2.24) is 9.97 Å². The molecular weight excluding hydrogens is 968 g/mol. The molecule has 0 unspecified atom stereocenters. The average Bonchev–Trinajstić information content (AvgIpc) is 4.02. The number of phenols is 1. The molecule has 2 aliphatic rings. The molecular formula is C58H37N2OPtS-. The number of aromatic nitrogens is 2. The fraction of sp³-hybridized carbons (Fsp3) is 0.0345. The second-order valence-electron chi connectivity index (χ2n) is 16.2. The molecule has 0 saturated carbocycles. The summed E-state index contributed by atoms with van der Waals surface area (Å²) in [6.45, 7) is 2.06. The zero-order chi connectivity index (χ0) is 41.4. The molecule has 1 N–H and O–H groups in total. The number of aryl methyl sites for hydroxylation is 1. The van der Waals surface area contributed by atoms with E-state index in [0.717, 1.165) is 44.9 Å². The fourth-order valence-electron chi connectivity index (χ4n) is 9.91. The van der Waals surface area contributed by atoms with Gasteiger partial charge in [-0.05, 0) is 116 Å². The topological polar surface area (TPSA) is 46.0 Å². The van der Waals surface area contributed by atoms with Crippen LogP contribution >= 0.6 is 11.3 Å². The second kappa shape index (κ2) is 15.4. The van der Waals surface area contributed by atoms with Gasteiger partial charge in [0, 0.05) is 53.5 Å². The van der Waals surface area contributed by atoms with E-state index in [9.17, 15) is 5.11 Å². The number of pyridine rings is 2. The third-order valence-electron chi connectivity index (χ3n) is 12.6. The second-order valence-corrected chi connectivity index (χ2v) is 17.3. The third-order valence-corrected chi connectivity index (χ3v) is 13.8. The number of nitrogens with zero attached hydrogens (tertiary/aromatic N) is 2. The molecule has 7 aromatic carbocycles. The van der Waals surface area contributed by atoms with Crippen LogP contribution in [-0.4, -0.2) is 15.1 Å². The minimum absolute atomic E-state index is 0. The normalized spacial score (nSPS) is 12.6. The summed E-state index contributed by atoms with van der Waals surface area (Å²) in [6.07, 6.45) is 0. The van der Waals surface area contributed by atoms with Crippen LogP contribution in [0.3, 0.4) is 0 Å². The summed E-state index contributed by atoms with van der Waals surface area (Å²) in [5, 5.41) is 10.8. The van der Waals surface area contributed by atoms with Gasteiger partial charge in [0.2, 0.25) is 0 Å². The molecule has 3 heterocycles. The van der Waals surface area contributed by atoms with Crippen molar-refractivity contribution >= 4 is 11.3 Å². The summed E-state index contributed by atoms with van der Waals surface area (Å²) in [6, 6.07) is 74.5. The number of rotatable bonds is 6. The van der Waals surface area contributed by atoms with Crippen molar-refractivity contribution in [3.63, 3.8) is 0 Å². The van der Waals surface area contributed by atoms with Crippen LogP contribution in [-0.2, 0) is 26.5 Å². The van der Waals surface area contributed by atoms with Crippen molar-refractivity contribution in [3.8, 4) is 93.8 Å². The van der Waals surface area contributed by atoms with Crippen molar-refractivity contribution < 1.29 is 26.2 Å². The van der Waals surface area contributed by atoms with Crippen molar-refractivity contribution in [1.29, 1.82) is 0 Å². The van der Waals surface area contributed by atoms with Crippen molar-refractivity contribution in [2.45, 2.75) is 12.3 Å². The zero-order valence-corrected chi connectivity index (χ0v) is 37.2. The van der Waals surface area contributed by atoms with Crippen molar-refractivity contribution in [2.75, 3.05) is 0 Å². The van der Waals surface area contributed by atoms with Gasteiger partial charge in [-0.2, -0.15) is 0 Å². The molecule has 0 fully saturated rings. The van der Waals surface area contributed by atoms with Gasteiger partial charge < -0.3 is 5.11 Å². The van der Waals surface area contributed by atoms with E-state index in [2.05, 4.69) is 153 Å². The molecule has 3 aromatic heterocycles. The first-order valence-electron chi connectivity index (χ1n) is 20.9. The summed E-state index contributed by atoms with van der Waals surface area (Å²) < 4.78 is 0. The van der Waals surface area contributed by atoms with Crippen molar-refractivity contribution in [2.24, 2.45) is 0 Å². The van der Waals surface area contributed by atoms with E-state index in [1.165, 1.54) is 59.8 Å². The molecule has 0 radical (unpaired) electrons. The quantitative estimate of drug-likeness (QED) is 0.169. The Bertz CT molecular complexity index is 3340. The maximum Gasteiger partial charge on any atom is 0.124 e. The minimum atomic E-state index is -0.374. The Morgan fingerprint density at radius 2 is 0.937 bits per heavy atom. The number of benzene rings is 7. The maximum atomic E-state index is 10.8. The van der Waals surface area contributed by atoms with E-state index in [1.807, 2.05) is 65.9 Å². The molecule has 0 amide bonds. The van der Waals surface area contributed by atoms with Gasteiger partial charge in [-0.1, -0.05) is 151 Å². The monoisotopic (exact) mass is 1000 g/mol. The summed E-state index contributed by atoms with van der Waals surface area (Å²) in [4.78, 5) is 12.5. The number of thiophene rings is 1. The van der Waals surface area contributed by atoms with Crippen LogP contribution in [0.4, 0.5) is 0 Å². The van der Waals surface area contributed by atoms with E-state index >= 15 is 0 Å². The molecule has 302 valence electrons. The Hall–Kier alpha value is -6.97. The third kappa shape index (κ3) is 6.28. The minimum Gasteiger partial charge on any atom is -0.507 e. The number of phenolic OH excluding ortho intramolecular Hbond substituents is 1. The predicted molar refractivity (Wildman–Crippen MR) is 254 cm³/mol. The molecule has 5 heteroatoms. The molecule has 2 aliphatic carbocycles. The molecule has 3 nitrogen and oxygen atoms in total.